The van der Waals surface area contributed by atoms with E-state index in [0.29, 0.717) is 27.2 Å². The number of thiazole rings is 1. The molecule has 2 N–H and O–H groups in total. The second-order valence-electron chi connectivity index (χ2n) is 13.4. The summed E-state index contributed by atoms with van der Waals surface area (Å²) in [6.07, 6.45) is 11.6. The highest BCUT2D eigenvalue weighted by atomic mass is 32.2. The van der Waals surface area contributed by atoms with Crippen molar-refractivity contribution in [3.8, 4) is 0 Å². The molecule has 2 heterocycles. The maximum atomic E-state index is 12.8. The number of fused-ring (bicyclic) bond motifs is 3. The molecule has 264 valence electrons. The molecule has 0 amide bonds. The van der Waals surface area contributed by atoms with Crippen LogP contribution >= 0.6 is 23.1 Å². The van der Waals surface area contributed by atoms with E-state index in [1.807, 2.05) is 48.6 Å². The molecular weight excluding hydrogens is 717 g/mol. The maximum absolute atomic E-state index is 12.8. The number of thioether (sulfide) groups is 1. The van der Waals surface area contributed by atoms with Crippen LogP contribution in [0.2, 0.25) is 0 Å². The van der Waals surface area contributed by atoms with Crippen LogP contribution in [-0.2, 0) is 35.9 Å². The first kappa shape index (κ1) is 36.2. The van der Waals surface area contributed by atoms with Gasteiger partial charge in [0.15, 0.2) is 27.5 Å². The highest BCUT2D eigenvalue weighted by Gasteiger charge is 2.58. The zero-order valence-corrected chi connectivity index (χ0v) is 31.4. The van der Waals surface area contributed by atoms with Gasteiger partial charge in [0.25, 0.3) is 9.88 Å². The number of thiol groups is 2. The van der Waals surface area contributed by atoms with Crippen molar-refractivity contribution in [3.05, 3.63) is 93.5 Å². The third-order valence-corrected chi connectivity index (χ3v) is 15.3. The first-order valence-electron chi connectivity index (χ1n) is 16.2. The Labute approximate surface area is 302 Å². The fourth-order valence-electron chi connectivity index (χ4n) is 6.94. The summed E-state index contributed by atoms with van der Waals surface area (Å²) in [6.45, 7) is 5.45. The van der Waals surface area contributed by atoms with Crippen LogP contribution in [-0.4, -0.2) is 49.8 Å². The highest BCUT2D eigenvalue weighted by molar-refractivity contribution is 8.03. The minimum Gasteiger partial charge on any atom is -0.481 e. The van der Waals surface area contributed by atoms with Crippen molar-refractivity contribution >= 4 is 78.7 Å². The van der Waals surface area contributed by atoms with Gasteiger partial charge in [-0.15, -0.1) is 0 Å². The summed E-state index contributed by atoms with van der Waals surface area (Å²) in [5, 5.41) is 22.2. The second-order valence-corrected chi connectivity index (χ2v) is 18.4. The lowest BCUT2D eigenvalue weighted by molar-refractivity contribution is -0.721. The zero-order chi connectivity index (χ0) is 36.2. The predicted molar refractivity (Wildman–Crippen MR) is 197 cm³/mol. The van der Waals surface area contributed by atoms with Crippen LogP contribution in [0.5, 0.6) is 0 Å². The van der Waals surface area contributed by atoms with E-state index in [4.69, 9.17) is 0 Å². The van der Waals surface area contributed by atoms with Gasteiger partial charge < -0.3 is 15.1 Å². The molecule has 0 spiro atoms. The normalized spacial score (nSPS) is 23.5. The van der Waals surface area contributed by atoms with Crippen molar-refractivity contribution in [2.45, 2.75) is 73.6 Å². The molecule has 3 aromatic rings. The van der Waals surface area contributed by atoms with Crippen LogP contribution in [0.15, 0.2) is 93.4 Å². The molecule has 0 bridgehead atoms. The Kier molecular flexibility index (Phi) is 9.81. The number of allylic oxidation sites excluding steroid dienone is 6. The smallest absolute Gasteiger partial charge is 0.309 e. The Bertz CT molecular complexity index is 2180. The number of nitrogens with zero attached hydrogens (tertiary/aromatic N) is 2. The summed E-state index contributed by atoms with van der Waals surface area (Å²) >= 11 is 2.79. The number of carboxylic acid groups (broad SMARTS) is 1. The van der Waals surface area contributed by atoms with Gasteiger partial charge >= 0.3 is 5.97 Å². The number of para-hydroxylation sites is 2. The molecule has 14 heteroatoms. The molecular formula is C36H39N2O8S4+. The van der Waals surface area contributed by atoms with Gasteiger partial charge in [0.1, 0.15) is 4.70 Å². The largest absolute Gasteiger partial charge is 0.481 e. The molecule has 3 aliphatic rings. The molecule has 5 unspecified atom stereocenters. The second kappa shape index (κ2) is 13.5. The lowest BCUT2D eigenvalue weighted by atomic mass is 9.77. The van der Waals surface area contributed by atoms with Gasteiger partial charge in [0, 0.05) is 24.0 Å². The molecule has 0 saturated heterocycles. The lowest BCUT2D eigenvalue weighted by Gasteiger charge is -2.39. The Balaban J connectivity index is 1.44. The van der Waals surface area contributed by atoms with E-state index in [1.54, 1.807) is 21.6 Å². The summed E-state index contributed by atoms with van der Waals surface area (Å²) in [5.41, 5.74) is 2.06. The van der Waals surface area contributed by atoms with Crippen molar-refractivity contribution in [3.63, 3.8) is 0 Å². The van der Waals surface area contributed by atoms with Crippen molar-refractivity contribution in [2.24, 2.45) is 11.8 Å². The number of carboxylic acids is 1. The topological polar surface area (TPSA) is 150 Å². The number of aromatic nitrogens is 1. The number of benzene rings is 2. The lowest BCUT2D eigenvalue weighted by Crippen LogP contribution is -2.68. The molecule has 2 aliphatic carbocycles. The molecule has 6 rings (SSSR count). The molecule has 1 aromatic heterocycles. The Morgan fingerprint density at radius 2 is 1.66 bits per heavy atom. The van der Waals surface area contributed by atoms with Gasteiger partial charge in [-0.05, 0) is 93.4 Å². The van der Waals surface area contributed by atoms with Crippen molar-refractivity contribution in [2.75, 3.05) is 4.90 Å². The van der Waals surface area contributed by atoms with Crippen LogP contribution in [0, 0.1) is 11.8 Å². The van der Waals surface area contributed by atoms with Gasteiger partial charge in [-0.2, -0.15) is 4.57 Å². The van der Waals surface area contributed by atoms with E-state index < -0.39 is 48.6 Å². The Hall–Kier alpha value is -3.56. The first-order valence-corrected chi connectivity index (χ1v) is 20.2. The van der Waals surface area contributed by atoms with Gasteiger partial charge in [0.2, 0.25) is 16.2 Å². The van der Waals surface area contributed by atoms with Crippen LogP contribution < -0.4 is 9.47 Å². The van der Waals surface area contributed by atoms with Crippen LogP contribution in [0.4, 0.5) is 5.69 Å². The molecule has 1 aliphatic heterocycles. The average Bonchev–Trinajstić information content (AvgIpc) is 3.64. The van der Waals surface area contributed by atoms with E-state index in [2.05, 4.69) is 12.2 Å². The molecule has 0 radical (unpaired) electrons. The Morgan fingerprint density at radius 3 is 2.34 bits per heavy atom. The number of aliphatic carboxylic acids is 1. The summed E-state index contributed by atoms with van der Waals surface area (Å²) in [5.74, 6) is -2.12. The Morgan fingerprint density at radius 1 is 0.980 bits per heavy atom. The minimum absolute atomic E-state index is 0.271. The number of rotatable bonds is 10. The SMILES string of the molecule is CC(C(=O)O)C(C)(N1/C(=C/C2=CC3=C/C(=C/c4sc5ccccc5[n+]4C(C)([SH](=O)=O)C(C)(O)C=O)CCC3CC2)Sc2ccccc21)[SH](=O)=O. The molecule has 5 atom stereocenters. The number of aliphatic hydroxyl groups is 1. The third-order valence-electron chi connectivity index (χ3n) is 10.4. The van der Waals surface area contributed by atoms with Crippen molar-refractivity contribution in [1.29, 1.82) is 0 Å². The highest BCUT2D eigenvalue weighted by Crippen LogP contribution is 2.52. The number of hydrogen-bond acceptors (Lipinski definition) is 10. The predicted octanol–water partition coefficient (Wildman–Crippen LogP) is 5.36. The van der Waals surface area contributed by atoms with Crippen LogP contribution in [0.1, 0.15) is 58.4 Å². The minimum atomic E-state index is -3.32. The fraction of sp³-hybridized carbons (Fsp3) is 0.361. The quantitative estimate of drug-likeness (QED) is 0.121. The number of aldehydes is 1. The zero-order valence-electron chi connectivity index (χ0n) is 27.9. The molecule has 0 saturated carbocycles. The molecule has 2 aromatic carbocycles. The summed E-state index contributed by atoms with van der Waals surface area (Å²) in [6, 6.07) is 14.7. The molecule has 10 nitrogen and oxygen atoms in total. The van der Waals surface area contributed by atoms with Gasteiger partial charge in [-0.3, -0.25) is 9.59 Å². The van der Waals surface area contributed by atoms with Crippen molar-refractivity contribution < 1.29 is 41.2 Å². The summed E-state index contributed by atoms with van der Waals surface area (Å²) < 4.78 is 53.7. The van der Waals surface area contributed by atoms with E-state index >= 15 is 0 Å². The van der Waals surface area contributed by atoms with Crippen LogP contribution in [0.3, 0.4) is 0 Å². The number of hydrogen-bond donors (Lipinski definition) is 4. The number of carbonyl (C=O) groups is 2. The van der Waals surface area contributed by atoms with Gasteiger partial charge in [-0.25, -0.2) is 16.8 Å². The number of anilines is 1. The van der Waals surface area contributed by atoms with Gasteiger partial charge in [0.05, 0.1) is 16.6 Å². The average molecular weight is 756 g/mol. The summed E-state index contributed by atoms with van der Waals surface area (Å²) in [4.78, 5) is 23.0. The summed E-state index contributed by atoms with van der Waals surface area (Å²) in [7, 11) is -6.52. The molecule has 50 heavy (non-hydrogen) atoms. The van der Waals surface area contributed by atoms with Crippen LogP contribution in [0.25, 0.3) is 16.3 Å². The van der Waals surface area contributed by atoms with Gasteiger partial charge in [-0.1, -0.05) is 59.5 Å². The third kappa shape index (κ3) is 5.98. The fourth-order valence-corrected chi connectivity index (χ4v) is 11.1. The van der Waals surface area contributed by atoms with E-state index in [-0.39, 0.29) is 6.29 Å². The number of carbonyl (C=O) groups excluding carboxylic acids is 1. The standard InChI is InChI=1S/C36H38N2O8S4/c1-22(33(40)41)35(3,49(43)44)37-27-9-5-7-11-29(27)47-31(37)19-23-13-15-25-16-14-24(18-26(25)17-23)20-32-38(28-10-6-8-12-30(28)48-32)36(4,50(45)46)34(2,42)21-39/h5-12,17-22,25,42,49-50H,13-16H2,1-4H3/p+1. The van der Waals surface area contributed by atoms with Crippen molar-refractivity contribution in [1.82, 2.24) is 0 Å². The van der Waals surface area contributed by atoms with E-state index in [9.17, 15) is 36.6 Å². The van der Waals surface area contributed by atoms with E-state index in [1.165, 1.54) is 50.8 Å². The first-order chi connectivity index (χ1) is 23.6. The van der Waals surface area contributed by atoms with E-state index in [0.717, 1.165) is 52.0 Å². The maximum Gasteiger partial charge on any atom is 0.309 e. The monoisotopic (exact) mass is 755 g/mol. The molecule has 0 fully saturated rings.